The Morgan fingerprint density at radius 2 is 1.96 bits per heavy atom. The second-order valence-corrected chi connectivity index (χ2v) is 7.02. The van der Waals surface area contributed by atoms with E-state index >= 15 is 0 Å². The molecule has 1 saturated carbocycles. The highest BCUT2D eigenvalue weighted by Gasteiger charge is 2.38. The molecular formula is C20H28N2O3. The normalized spacial score (nSPS) is 24.5. The Kier molecular flexibility index (Phi) is 6.45. The smallest absolute Gasteiger partial charge is 0.248 e. The van der Waals surface area contributed by atoms with Crippen molar-refractivity contribution in [1.82, 2.24) is 10.2 Å². The van der Waals surface area contributed by atoms with Crippen LogP contribution in [0.15, 0.2) is 30.3 Å². The van der Waals surface area contributed by atoms with E-state index in [9.17, 15) is 9.59 Å². The van der Waals surface area contributed by atoms with Crippen LogP contribution in [0, 0.1) is 5.92 Å². The number of benzene rings is 1. The van der Waals surface area contributed by atoms with E-state index in [0.717, 1.165) is 57.2 Å². The summed E-state index contributed by atoms with van der Waals surface area (Å²) in [6.07, 6.45) is 5.82. The molecule has 136 valence electrons. The average Bonchev–Trinajstić information content (AvgIpc) is 3.11. The molecule has 2 atom stereocenters. The lowest BCUT2D eigenvalue weighted by molar-refractivity contribution is -0.141. The quantitative estimate of drug-likeness (QED) is 0.913. The molecule has 0 bridgehead atoms. The Labute approximate surface area is 149 Å². The van der Waals surface area contributed by atoms with Crippen LogP contribution in [0.2, 0.25) is 0 Å². The summed E-state index contributed by atoms with van der Waals surface area (Å²) in [5.41, 5.74) is 1.06. The summed E-state index contributed by atoms with van der Waals surface area (Å²) in [7, 11) is 0. The van der Waals surface area contributed by atoms with Crippen molar-refractivity contribution in [3.8, 4) is 0 Å². The van der Waals surface area contributed by atoms with Gasteiger partial charge in [0.05, 0.1) is 12.5 Å². The van der Waals surface area contributed by atoms with Gasteiger partial charge >= 0.3 is 0 Å². The van der Waals surface area contributed by atoms with Gasteiger partial charge in [0, 0.05) is 19.1 Å². The predicted molar refractivity (Wildman–Crippen MR) is 95.8 cm³/mol. The summed E-state index contributed by atoms with van der Waals surface area (Å²) in [4.78, 5) is 27.1. The van der Waals surface area contributed by atoms with Crippen molar-refractivity contribution in [2.45, 2.75) is 51.2 Å². The largest absolute Gasteiger partial charge is 0.367 e. The lowest BCUT2D eigenvalue weighted by atomic mass is 9.99. The Balaban J connectivity index is 1.60. The molecular weight excluding hydrogens is 316 g/mol. The zero-order valence-electron chi connectivity index (χ0n) is 14.8. The van der Waals surface area contributed by atoms with Crippen molar-refractivity contribution in [1.29, 1.82) is 0 Å². The van der Waals surface area contributed by atoms with Gasteiger partial charge in [-0.25, -0.2) is 0 Å². The van der Waals surface area contributed by atoms with Gasteiger partial charge in [0.25, 0.3) is 0 Å². The van der Waals surface area contributed by atoms with Crippen molar-refractivity contribution in [3.05, 3.63) is 35.9 Å². The molecule has 1 aromatic carbocycles. The van der Waals surface area contributed by atoms with Crippen LogP contribution >= 0.6 is 0 Å². The monoisotopic (exact) mass is 344 g/mol. The summed E-state index contributed by atoms with van der Waals surface area (Å²) < 4.78 is 5.65. The van der Waals surface area contributed by atoms with Gasteiger partial charge in [0.2, 0.25) is 11.8 Å². The molecule has 2 unspecified atom stereocenters. The average molecular weight is 344 g/mol. The fraction of sp³-hybridized carbons (Fsp3) is 0.600. The molecule has 0 radical (unpaired) electrons. The maximum absolute atomic E-state index is 12.8. The molecule has 5 nitrogen and oxygen atoms in total. The highest BCUT2D eigenvalue weighted by Crippen LogP contribution is 2.31. The number of nitrogens with one attached hydrogen (secondary N) is 1. The van der Waals surface area contributed by atoms with E-state index in [1.54, 1.807) is 0 Å². The number of rotatable bonds is 4. The number of carbonyl (C=O) groups excluding carboxylic acids is 2. The first kappa shape index (κ1) is 17.9. The van der Waals surface area contributed by atoms with Crippen molar-refractivity contribution in [3.63, 3.8) is 0 Å². The minimum absolute atomic E-state index is 0.0150. The molecule has 1 aliphatic heterocycles. The molecule has 25 heavy (non-hydrogen) atoms. The van der Waals surface area contributed by atoms with Gasteiger partial charge in [0.1, 0.15) is 6.61 Å². The van der Waals surface area contributed by atoms with Crippen molar-refractivity contribution < 1.29 is 14.3 Å². The van der Waals surface area contributed by atoms with Crippen LogP contribution in [0.3, 0.4) is 0 Å². The fourth-order valence-electron chi connectivity index (χ4n) is 3.93. The molecule has 1 aliphatic carbocycles. The molecule has 3 rings (SSSR count). The number of carbonyl (C=O) groups is 2. The van der Waals surface area contributed by atoms with Crippen LogP contribution in [0.25, 0.3) is 0 Å². The fourth-order valence-corrected chi connectivity index (χ4v) is 3.93. The van der Waals surface area contributed by atoms with Gasteiger partial charge in [-0.1, -0.05) is 36.8 Å². The second-order valence-electron chi connectivity index (χ2n) is 7.02. The number of nitrogens with zero attached hydrogens (tertiary/aromatic N) is 1. The number of fused-ring (bicyclic) bond motifs is 1. The first-order valence-electron chi connectivity index (χ1n) is 9.44. The molecule has 2 aliphatic rings. The van der Waals surface area contributed by atoms with Crippen LogP contribution in [-0.4, -0.2) is 42.5 Å². The highest BCUT2D eigenvalue weighted by atomic mass is 16.5. The van der Waals surface area contributed by atoms with Gasteiger partial charge in [-0.15, -0.1) is 0 Å². The Hall–Kier alpha value is -1.88. The third-order valence-corrected chi connectivity index (χ3v) is 5.25. The molecule has 5 heteroatoms. The number of amides is 2. The lowest BCUT2D eigenvalue weighted by Crippen LogP contribution is -2.49. The second kappa shape index (κ2) is 8.99. The van der Waals surface area contributed by atoms with Crippen LogP contribution < -0.4 is 5.32 Å². The van der Waals surface area contributed by atoms with Crippen LogP contribution in [-0.2, 0) is 20.9 Å². The standard InChI is InChI=1S/C20H28N2O3/c23-19(15-25-14-16-8-3-1-4-9-16)22-13-6-2-5-12-21-20(24)17-10-7-11-18(17)22/h1,3-4,8-9,17-18H,2,5-7,10-15H2,(H,21,24). The Morgan fingerprint density at radius 3 is 2.80 bits per heavy atom. The molecule has 0 spiro atoms. The van der Waals surface area contributed by atoms with E-state index in [0.29, 0.717) is 6.61 Å². The number of hydrogen-bond donors (Lipinski definition) is 1. The third kappa shape index (κ3) is 4.82. The first-order valence-corrected chi connectivity index (χ1v) is 9.44. The third-order valence-electron chi connectivity index (χ3n) is 5.25. The SMILES string of the molecule is O=C1NCCCCCN(C(=O)COCc2ccccc2)C2CCCC12. The summed E-state index contributed by atoms with van der Waals surface area (Å²) in [6.45, 7) is 2.02. The summed E-state index contributed by atoms with van der Waals surface area (Å²) in [5.74, 6) is 0.0739. The van der Waals surface area contributed by atoms with E-state index in [1.807, 2.05) is 35.2 Å². The summed E-state index contributed by atoms with van der Waals surface area (Å²) in [6, 6.07) is 9.91. The lowest BCUT2D eigenvalue weighted by Gasteiger charge is -2.33. The van der Waals surface area contributed by atoms with Gasteiger partial charge < -0.3 is 15.0 Å². The topological polar surface area (TPSA) is 58.6 Å². The van der Waals surface area contributed by atoms with E-state index < -0.39 is 0 Å². The van der Waals surface area contributed by atoms with Crippen molar-refractivity contribution in [2.75, 3.05) is 19.7 Å². The number of hydrogen-bond acceptors (Lipinski definition) is 3. The zero-order valence-corrected chi connectivity index (χ0v) is 14.8. The molecule has 1 N–H and O–H groups in total. The molecule has 2 fully saturated rings. The van der Waals surface area contributed by atoms with Crippen LogP contribution in [0.1, 0.15) is 44.1 Å². The number of ether oxygens (including phenoxy) is 1. The van der Waals surface area contributed by atoms with E-state index in [2.05, 4.69) is 5.32 Å². The molecule has 0 aromatic heterocycles. The zero-order chi connectivity index (χ0) is 17.5. The molecule has 2 amide bonds. The molecule has 1 saturated heterocycles. The summed E-state index contributed by atoms with van der Waals surface area (Å²) >= 11 is 0. The van der Waals surface area contributed by atoms with E-state index in [-0.39, 0.29) is 30.4 Å². The molecule has 1 aromatic rings. The highest BCUT2D eigenvalue weighted by molar-refractivity contribution is 5.82. The maximum atomic E-state index is 12.8. The van der Waals surface area contributed by atoms with E-state index in [1.165, 1.54) is 0 Å². The van der Waals surface area contributed by atoms with Gasteiger partial charge in [0.15, 0.2) is 0 Å². The minimum Gasteiger partial charge on any atom is -0.367 e. The molecule has 1 heterocycles. The first-order chi connectivity index (χ1) is 12.3. The van der Waals surface area contributed by atoms with Gasteiger partial charge in [-0.3, -0.25) is 9.59 Å². The van der Waals surface area contributed by atoms with Gasteiger partial charge in [-0.05, 0) is 37.7 Å². The van der Waals surface area contributed by atoms with Crippen molar-refractivity contribution in [2.24, 2.45) is 5.92 Å². The predicted octanol–water partition coefficient (Wildman–Crippen LogP) is 2.50. The van der Waals surface area contributed by atoms with Crippen LogP contribution in [0.5, 0.6) is 0 Å². The Bertz CT molecular complexity index is 576. The van der Waals surface area contributed by atoms with Gasteiger partial charge in [-0.2, -0.15) is 0 Å². The Morgan fingerprint density at radius 1 is 1.12 bits per heavy atom. The van der Waals surface area contributed by atoms with Crippen molar-refractivity contribution >= 4 is 11.8 Å². The minimum atomic E-state index is -0.0591. The summed E-state index contributed by atoms with van der Waals surface area (Å²) in [5, 5.41) is 3.04. The van der Waals surface area contributed by atoms with E-state index in [4.69, 9.17) is 4.74 Å². The maximum Gasteiger partial charge on any atom is 0.248 e. The van der Waals surface area contributed by atoms with Crippen LogP contribution in [0.4, 0.5) is 0 Å².